The van der Waals surface area contributed by atoms with Gasteiger partial charge in [-0.2, -0.15) is 0 Å². The molecule has 1 aromatic carbocycles. The van der Waals surface area contributed by atoms with E-state index < -0.39 is 0 Å². The van der Waals surface area contributed by atoms with Crippen LogP contribution in [0.25, 0.3) is 11.0 Å². The van der Waals surface area contributed by atoms with Crippen molar-refractivity contribution in [1.82, 2.24) is 14.5 Å². The number of benzene rings is 1. The van der Waals surface area contributed by atoms with Gasteiger partial charge in [-0.3, -0.25) is 4.79 Å². The zero-order chi connectivity index (χ0) is 15.4. The van der Waals surface area contributed by atoms with E-state index in [0.29, 0.717) is 19.5 Å². The molecule has 0 unspecified atom stereocenters. The minimum absolute atomic E-state index is 0.147. The summed E-state index contributed by atoms with van der Waals surface area (Å²) in [4.78, 5) is 18.2. The van der Waals surface area contributed by atoms with Gasteiger partial charge in [-0.1, -0.05) is 0 Å². The molecular formula is C16H24N4O. The standard InChI is InChI=1S/C16H24N4O/c1-12-9-14-15(10-13(12)2)20(11-18-14)8-5-16(21)19(3)7-4-6-17/h9-11H,4-8,17H2,1-3H3. The minimum Gasteiger partial charge on any atom is -0.346 e. The number of nitrogens with zero attached hydrogens (tertiary/aromatic N) is 3. The van der Waals surface area contributed by atoms with Gasteiger partial charge in [-0.15, -0.1) is 0 Å². The first-order chi connectivity index (χ1) is 10.0. The predicted octanol–water partition coefficient (Wildman–Crippen LogP) is 1.85. The second-order valence-corrected chi connectivity index (χ2v) is 5.57. The highest BCUT2D eigenvalue weighted by Gasteiger charge is 2.10. The number of carbonyl (C=O) groups is 1. The van der Waals surface area contributed by atoms with Crippen LogP contribution >= 0.6 is 0 Å². The zero-order valence-corrected chi connectivity index (χ0v) is 13.1. The summed E-state index contributed by atoms with van der Waals surface area (Å²) in [5.41, 5.74) is 10.0. The molecule has 5 heteroatoms. The van der Waals surface area contributed by atoms with E-state index in [1.165, 1.54) is 11.1 Å². The van der Waals surface area contributed by atoms with Crippen LogP contribution in [0.5, 0.6) is 0 Å². The van der Waals surface area contributed by atoms with Gasteiger partial charge < -0.3 is 15.2 Å². The molecule has 0 fully saturated rings. The summed E-state index contributed by atoms with van der Waals surface area (Å²) in [6.45, 7) is 6.17. The quantitative estimate of drug-likeness (QED) is 0.882. The van der Waals surface area contributed by atoms with Crippen molar-refractivity contribution < 1.29 is 4.79 Å². The first-order valence-corrected chi connectivity index (χ1v) is 7.39. The molecule has 0 bridgehead atoms. The van der Waals surface area contributed by atoms with E-state index in [0.717, 1.165) is 24.0 Å². The van der Waals surface area contributed by atoms with Crippen molar-refractivity contribution in [3.05, 3.63) is 29.6 Å². The van der Waals surface area contributed by atoms with Crippen LogP contribution in [0.1, 0.15) is 24.0 Å². The van der Waals surface area contributed by atoms with E-state index in [-0.39, 0.29) is 5.91 Å². The first kappa shape index (κ1) is 15.5. The monoisotopic (exact) mass is 288 g/mol. The van der Waals surface area contributed by atoms with Gasteiger partial charge in [0.2, 0.25) is 5.91 Å². The molecule has 114 valence electrons. The van der Waals surface area contributed by atoms with Crippen molar-refractivity contribution in [1.29, 1.82) is 0 Å². The number of carbonyl (C=O) groups excluding carboxylic acids is 1. The maximum Gasteiger partial charge on any atom is 0.224 e. The fourth-order valence-electron chi connectivity index (χ4n) is 2.35. The maximum atomic E-state index is 12.1. The van der Waals surface area contributed by atoms with E-state index in [4.69, 9.17) is 5.73 Å². The molecule has 5 nitrogen and oxygen atoms in total. The second-order valence-electron chi connectivity index (χ2n) is 5.57. The molecule has 0 spiro atoms. The molecule has 0 saturated heterocycles. The van der Waals surface area contributed by atoms with Gasteiger partial charge in [-0.25, -0.2) is 4.98 Å². The Morgan fingerprint density at radius 3 is 2.76 bits per heavy atom. The molecule has 0 aliphatic rings. The second kappa shape index (κ2) is 6.72. The summed E-state index contributed by atoms with van der Waals surface area (Å²) in [7, 11) is 1.83. The molecular weight excluding hydrogens is 264 g/mol. The van der Waals surface area contributed by atoms with Gasteiger partial charge in [0, 0.05) is 26.6 Å². The summed E-state index contributed by atoms with van der Waals surface area (Å²) < 4.78 is 2.05. The number of aryl methyl sites for hydroxylation is 3. The lowest BCUT2D eigenvalue weighted by molar-refractivity contribution is -0.130. The molecule has 0 aliphatic carbocycles. The summed E-state index contributed by atoms with van der Waals surface area (Å²) in [5.74, 6) is 0.147. The lowest BCUT2D eigenvalue weighted by atomic mass is 10.1. The third-order valence-electron chi connectivity index (χ3n) is 3.93. The third kappa shape index (κ3) is 3.61. The van der Waals surface area contributed by atoms with Crippen LogP contribution in [0.15, 0.2) is 18.5 Å². The van der Waals surface area contributed by atoms with E-state index in [9.17, 15) is 4.79 Å². The molecule has 0 saturated carbocycles. The van der Waals surface area contributed by atoms with E-state index in [1.54, 1.807) is 4.90 Å². The topological polar surface area (TPSA) is 64.2 Å². The van der Waals surface area contributed by atoms with Crippen LogP contribution in [0, 0.1) is 13.8 Å². The SMILES string of the molecule is Cc1cc2ncn(CCC(=O)N(C)CCCN)c2cc1C. The van der Waals surface area contributed by atoms with Crippen LogP contribution < -0.4 is 5.73 Å². The van der Waals surface area contributed by atoms with Gasteiger partial charge in [0.05, 0.1) is 17.4 Å². The summed E-state index contributed by atoms with van der Waals surface area (Å²) >= 11 is 0. The van der Waals surface area contributed by atoms with E-state index >= 15 is 0 Å². The Labute approximate surface area is 125 Å². The number of rotatable bonds is 6. The number of imidazole rings is 1. The number of hydrogen-bond acceptors (Lipinski definition) is 3. The highest BCUT2D eigenvalue weighted by atomic mass is 16.2. The van der Waals surface area contributed by atoms with E-state index in [2.05, 4.69) is 35.5 Å². The predicted molar refractivity (Wildman–Crippen MR) is 85.1 cm³/mol. The van der Waals surface area contributed by atoms with Crippen molar-refractivity contribution in [2.45, 2.75) is 33.2 Å². The third-order valence-corrected chi connectivity index (χ3v) is 3.93. The molecule has 21 heavy (non-hydrogen) atoms. The van der Waals surface area contributed by atoms with Crippen LogP contribution in [0.3, 0.4) is 0 Å². The Bertz CT molecular complexity index is 632. The summed E-state index contributed by atoms with van der Waals surface area (Å²) in [6.07, 6.45) is 3.14. The number of fused-ring (bicyclic) bond motifs is 1. The highest BCUT2D eigenvalue weighted by molar-refractivity contribution is 5.78. The molecule has 1 aromatic heterocycles. The summed E-state index contributed by atoms with van der Waals surface area (Å²) in [6, 6.07) is 4.23. The Morgan fingerprint density at radius 2 is 2.05 bits per heavy atom. The average Bonchev–Trinajstić information content (AvgIpc) is 2.84. The van der Waals surface area contributed by atoms with Crippen molar-refractivity contribution in [2.75, 3.05) is 20.1 Å². The molecule has 0 aliphatic heterocycles. The molecule has 2 aromatic rings. The number of nitrogens with two attached hydrogens (primary N) is 1. The lowest BCUT2D eigenvalue weighted by Crippen LogP contribution is -2.29. The van der Waals surface area contributed by atoms with Gasteiger partial charge in [0.1, 0.15) is 0 Å². The van der Waals surface area contributed by atoms with Crippen LogP contribution in [0.4, 0.5) is 0 Å². The molecule has 0 radical (unpaired) electrons. The Hall–Kier alpha value is -1.88. The smallest absolute Gasteiger partial charge is 0.224 e. The highest BCUT2D eigenvalue weighted by Crippen LogP contribution is 2.18. The van der Waals surface area contributed by atoms with Crippen molar-refractivity contribution in [2.24, 2.45) is 5.73 Å². The van der Waals surface area contributed by atoms with Gasteiger partial charge in [0.25, 0.3) is 0 Å². The van der Waals surface area contributed by atoms with Gasteiger partial charge >= 0.3 is 0 Å². The number of aromatic nitrogens is 2. The van der Waals surface area contributed by atoms with Crippen LogP contribution in [-0.2, 0) is 11.3 Å². The molecule has 0 atom stereocenters. The average molecular weight is 288 g/mol. The molecule has 2 N–H and O–H groups in total. The van der Waals surface area contributed by atoms with Crippen LogP contribution in [0.2, 0.25) is 0 Å². The number of hydrogen-bond donors (Lipinski definition) is 1. The van der Waals surface area contributed by atoms with E-state index in [1.807, 2.05) is 13.4 Å². The Kier molecular flexibility index (Phi) is 4.96. The van der Waals surface area contributed by atoms with Crippen molar-refractivity contribution in [3.63, 3.8) is 0 Å². The zero-order valence-electron chi connectivity index (χ0n) is 13.1. The van der Waals surface area contributed by atoms with Gasteiger partial charge in [0.15, 0.2) is 0 Å². The Morgan fingerprint density at radius 1 is 1.33 bits per heavy atom. The molecule has 2 rings (SSSR count). The molecule has 1 heterocycles. The largest absolute Gasteiger partial charge is 0.346 e. The van der Waals surface area contributed by atoms with Gasteiger partial charge in [-0.05, 0) is 50.1 Å². The fraction of sp³-hybridized carbons (Fsp3) is 0.500. The first-order valence-electron chi connectivity index (χ1n) is 7.39. The number of amides is 1. The fourth-order valence-corrected chi connectivity index (χ4v) is 2.35. The maximum absolute atomic E-state index is 12.1. The van der Waals surface area contributed by atoms with Crippen molar-refractivity contribution in [3.8, 4) is 0 Å². The minimum atomic E-state index is 0.147. The van der Waals surface area contributed by atoms with Crippen LogP contribution in [-0.4, -0.2) is 40.5 Å². The molecule has 1 amide bonds. The Balaban J connectivity index is 2.04. The lowest BCUT2D eigenvalue weighted by Gasteiger charge is -2.16. The van der Waals surface area contributed by atoms with Crippen molar-refractivity contribution >= 4 is 16.9 Å². The normalized spacial score (nSPS) is 11.0. The summed E-state index contributed by atoms with van der Waals surface area (Å²) in [5, 5.41) is 0.